The van der Waals surface area contributed by atoms with E-state index < -0.39 is 30.6 Å². The molecule has 1 aromatic carbocycles. The Labute approximate surface area is 157 Å². The maximum atomic E-state index is 12.1. The zero-order chi connectivity index (χ0) is 19.2. The van der Waals surface area contributed by atoms with Gasteiger partial charge in [0.1, 0.15) is 6.61 Å². The molecule has 0 aromatic heterocycles. The second-order valence-corrected chi connectivity index (χ2v) is 6.86. The van der Waals surface area contributed by atoms with Gasteiger partial charge in [0.2, 0.25) is 6.10 Å². The number of rotatable bonds is 4. The van der Waals surface area contributed by atoms with Crippen molar-refractivity contribution in [3.63, 3.8) is 0 Å². The van der Waals surface area contributed by atoms with Crippen LogP contribution in [0.15, 0.2) is 24.3 Å². The Kier molecular flexibility index (Phi) is 6.16. The Hall–Kier alpha value is -2.77. The lowest BCUT2D eigenvalue weighted by Crippen LogP contribution is -2.49. The molecule has 0 unspecified atom stereocenters. The van der Waals surface area contributed by atoms with Gasteiger partial charge in [-0.05, 0) is 30.9 Å². The molecule has 1 heterocycles. The van der Waals surface area contributed by atoms with Gasteiger partial charge in [-0.2, -0.15) is 0 Å². The summed E-state index contributed by atoms with van der Waals surface area (Å²) in [4.78, 5) is 35.8. The average molecular weight is 376 g/mol. The quantitative estimate of drug-likeness (QED) is 0.777. The fraction of sp³-hybridized carbons (Fsp3) is 0.526. The number of hydrogen-bond donors (Lipinski definition) is 2. The molecule has 0 radical (unpaired) electrons. The van der Waals surface area contributed by atoms with Crippen molar-refractivity contribution in [2.45, 2.75) is 44.8 Å². The summed E-state index contributed by atoms with van der Waals surface area (Å²) in [7, 11) is 0. The van der Waals surface area contributed by atoms with Gasteiger partial charge in [0.25, 0.3) is 5.91 Å². The third-order valence-corrected chi connectivity index (χ3v) is 4.80. The highest BCUT2D eigenvalue weighted by Crippen LogP contribution is 2.31. The highest BCUT2D eigenvalue weighted by atomic mass is 16.6. The maximum absolute atomic E-state index is 12.1. The number of para-hydroxylation sites is 2. The first-order valence-electron chi connectivity index (χ1n) is 9.18. The fourth-order valence-electron chi connectivity index (χ4n) is 3.26. The van der Waals surface area contributed by atoms with Crippen LogP contribution in [0.4, 0.5) is 4.79 Å². The van der Waals surface area contributed by atoms with E-state index in [-0.39, 0.29) is 12.6 Å². The summed E-state index contributed by atoms with van der Waals surface area (Å²) < 4.78 is 15.9. The summed E-state index contributed by atoms with van der Waals surface area (Å²) in [6, 6.07) is 6.45. The van der Waals surface area contributed by atoms with Crippen LogP contribution < -0.4 is 20.1 Å². The van der Waals surface area contributed by atoms with E-state index in [1.165, 1.54) is 0 Å². The number of esters is 1. The minimum Gasteiger partial charge on any atom is -0.485 e. The monoisotopic (exact) mass is 376 g/mol. The van der Waals surface area contributed by atoms with Gasteiger partial charge >= 0.3 is 12.0 Å². The normalized spacial score (nSPS) is 23.8. The topological polar surface area (TPSA) is 103 Å². The predicted molar refractivity (Wildman–Crippen MR) is 95.4 cm³/mol. The minimum atomic E-state index is -0.954. The van der Waals surface area contributed by atoms with E-state index in [4.69, 9.17) is 14.2 Å². The highest BCUT2D eigenvalue weighted by Gasteiger charge is 2.29. The molecule has 146 valence electrons. The Morgan fingerprint density at radius 2 is 1.89 bits per heavy atom. The van der Waals surface area contributed by atoms with E-state index in [2.05, 4.69) is 17.6 Å². The molecule has 0 bridgehead atoms. The summed E-state index contributed by atoms with van der Waals surface area (Å²) in [6.45, 7) is 1.52. The molecule has 1 aliphatic heterocycles. The molecule has 27 heavy (non-hydrogen) atoms. The number of hydrogen-bond acceptors (Lipinski definition) is 6. The van der Waals surface area contributed by atoms with E-state index in [1.54, 1.807) is 24.3 Å². The minimum absolute atomic E-state index is 0.00246. The Balaban J connectivity index is 1.40. The van der Waals surface area contributed by atoms with E-state index in [0.29, 0.717) is 17.4 Å². The summed E-state index contributed by atoms with van der Waals surface area (Å²) in [5.74, 6) is -0.0461. The number of fused-ring (bicyclic) bond motifs is 1. The molecule has 1 fully saturated rings. The number of urea groups is 1. The molecule has 1 aromatic rings. The first kappa shape index (κ1) is 19.0. The van der Waals surface area contributed by atoms with Gasteiger partial charge in [0, 0.05) is 6.04 Å². The number of carbonyl (C=O) groups is 3. The SMILES string of the molecule is C[C@@H]1CCCC[C@H]1NC(=O)NC(=O)COC(=O)[C@@H]1COc2ccccc2O1. The van der Waals surface area contributed by atoms with Gasteiger partial charge in [0.15, 0.2) is 18.1 Å². The van der Waals surface area contributed by atoms with E-state index in [0.717, 1.165) is 25.7 Å². The number of nitrogens with one attached hydrogen (secondary N) is 2. The molecule has 3 atom stereocenters. The summed E-state index contributed by atoms with van der Waals surface area (Å²) in [5, 5.41) is 4.99. The summed E-state index contributed by atoms with van der Waals surface area (Å²) in [5.41, 5.74) is 0. The van der Waals surface area contributed by atoms with Crippen LogP contribution in [0, 0.1) is 5.92 Å². The predicted octanol–water partition coefficient (Wildman–Crippen LogP) is 1.77. The van der Waals surface area contributed by atoms with Gasteiger partial charge in [-0.15, -0.1) is 0 Å². The molecule has 0 spiro atoms. The lowest BCUT2D eigenvalue weighted by molar-refractivity contribution is -0.157. The first-order valence-corrected chi connectivity index (χ1v) is 9.18. The first-order chi connectivity index (χ1) is 13.0. The second kappa shape index (κ2) is 8.75. The lowest BCUT2D eigenvalue weighted by Gasteiger charge is -2.29. The number of amides is 3. The van der Waals surface area contributed by atoms with E-state index in [9.17, 15) is 14.4 Å². The Morgan fingerprint density at radius 1 is 1.15 bits per heavy atom. The van der Waals surface area contributed by atoms with Crippen LogP contribution in [-0.4, -0.2) is 43.3 Å². The highest BCUT2D eigenvalue weighted by molar-refractivity contribution is 5.95. The molecule has 2 N–H and O–H groups in total. The molecule has 8 heteroatoms. The zero-order valence-corrected chi connectivity index (χ0v) is 15.2. The smallest absolute Gasteiger partial charge is 0.351 e. The molecular formula is C19H24N2O6. The van der Waals surface area contributed by atoms with Crippen molar-refractivity contribution in [1.82, 2.24) is 10.6 Å². The molecule has 1 aliphatic carbocycles. The van der Waals surface area contributed by atoms with E-state index >= 15 is 0 Å². The number of benzene rings is 1. The second-order valence-electron chi connectivity index (χ2n) is 6.86. The number of carbonyl (C=O) groups excluding carboxylic acids is 3. The van der Waals surface area contributed by atoms with Crippen molar-refractivity contribution in [1.29, 1.82) is 0 Å². The van der Waals surface area contributed by atoms with Crippen LogP contribution >= 0.6 is 0 Å². The molecule has 0 saturated heterocycles. The van der Waals surface area contributed by atoms with Crippen molar-refractivity contribution in [3.8, 4) is 11.5 Å². The molecular weight excluding hydrogens is 352 g/mol. The van der Waals surface area contributed by atoms with Crippen LogP contribution in [0.5, 0.6) is 11.5 Å². The van der Waals surface area contributed by atoms with Crippen LogP contribution in [-0.2, 0) is 14.3 Å². The van der Waals surface area contributed by atoms with Crippen LogP contribution in [0.3, 0.4) is 0 Å². The average Bonchev–Trinajstić information content (AvgIpc) is 2.67. The van der Waals surface area contributed by atoms with Crippen molar-refractivity contribution >= 4 is 17.9 Å². The van der Waals surface area contributed by atoms with Crippen LogP contribution in [0.25, 0.3) is 0 Å². The maximum Gasteiger partial charge on any atom is 0.351 e. The van der Waals surface area contributed by atoms with E-state index in [1.807, 2.05) is 0 Å². The zero-order valence-electron chi connectivity index (χ0n) is 15.2. The van der Waals surface area contributed by atoms with Crippen LogP contribution in [0.1, 0.15) is 32.6 Å². The fourth-order valence-corrected chi connectivity index (χ4v) is 3.26. The molecule has 1 saturated carbocycles. The van der Waals surface area contributed by atoms with Crippen molar-refractivity contribution in [2.75, 3.05) is 13.2 Å². The van der Waals surface area contributed by atoms with Crippen molar-refractivity contribution in [3.05, 3.63) is 24.3 Å². The number of imide groups is 1. The van der Waals surface area contributed by atoms with Crippen LogP contribution in [0.2, 0.25) is 0 Å². The Morgan fingerprint density at radius 3 is 2.67 bits per heavy atom. The summed E-state index contributed by atoms with van der Waals surface area (Å²) in [6.07, 6.45) is 3.23. The van der Waals surface area contributed by atoms with Gasteiger partial charge in [-0.1, -0.05) is 31.9 Å². The van der Waals surface area contributed by atoms with Gasteiger partial charge in [-0.3, -0.25) is 10.1 Å². The van der Waals surface area contributed by atoms with Crippen molar-refractivity contribution in [2.24, 2.45) is 5.92 Å². The largest absolute Gasteiger partial charge is 0.485 e. The third-order valence-electron chi connectivity index (χ3n) is 4.80. The van der Waals surface area contributed by atoms with Gasteiger partial charge < -0.3 is 19.5 Å². The number of ether oxygens (including phenoxy) is 3. The van der Waals surface area contributed by atoms with Gasteiger partial charge in [-0.25, -0.2) is 9.59 Å². The molecule has 3 amide bonds. The summed E-state index contributed by atoms with van der Waals surface area (Å²) >= 11 is 0. The molecule has 8 nitrogen and oxygen atoms in total. The van der Waals surface area contributed by atoms with Gasteiger partial charge in [0.05, 0.1) is 0 Å². The standard InChI is InChI=1S/C19H24N2O6/c1-12-6-2-3-7-13(12)20-19(24)21-17(22)11-26-18(23)16-10-25-14-8-4-5-9-15(14)27-16/h4-5,8-9,12-13,16H,2-3,6-7,10-11H2,1H3,(H2,20,21,22,24)/t12-,13-,16+/m1/s1. The molecule has 2 aliphatic rings. The molecule has 3 rings (SSSR count). The third kappa shape index (κ3) is 5.12. The Bertz CT molecular complexity index is 707. The van der Waals surface area contributed by atoms with Crippen molar-refractivity contribution < 1.29 is 28.6 Å². The lowest BCUT2D eigenvalue weighted by atomic mass is 9.86.